The van der Waals surface area contributed by atoms with E-state index >= 15 is 0 Å². The molecule has 4 rings (SSSR count). The van der Waals surface area contributed by atoms with E-state index in [0.717, 1.165) is 17.4 Å². The van der Waals surface area contributed by atoms with Crippen molar-refractivity contribution in [1.82, 2.24) is 10.3 Å². The molecule has 8 heteroatoms. The minimum atomic E-state index is -3.36. The van der Waals surface area contributed by atoms with E-state index < -0.39 is 10.0 Å². The van der Waals surface area contributed by atoms with Crippen molar-refractivity contribution in [2.45, 2.75) is 12.8 Å². The van der Waals surface area contributed by atoms with Crippen LogP contribution >= 0.6 is 11.3 Å². The maximum absolute atomic E-state index is 12.4. The highest BCUT2D eigenvalue weighted by atomic mass is 32.2. The number of fused-ring (bicyclic) bond motifs is 3. The lowest BCUT2D eigenvalue weighted by Crippen LogP contribution is -2.30. The summed E-state index contributed by atoms with van der Waals surface area (Å²) >= 11 is 1.22. The highest BCUT2D eigenvalue weighted by Gasteiger charge is 2.35. The van der Waals surface area contributed by atoms with E-state index in [2.05, 4.69) is 27.2 Å². The third kappa shape index (κ3) is 3.55. The van der Waals surface area contributed by atoms with Crippen LogP contribution in [0.3, 0.4) is 0 Å². The molecule has 6 nitrogen and oxygen atoms in total. The van der Waals surface area contributed by atoms with Crippen LogP contribution < -0.4 is 10.0 Å². The third-order valence-electron chi connectivity index (χ3n) is 4.86. The molecule has 2 aliphatic carbocycles. The van der Waals surface area contributed by atoms with E-state index in [4.69, 9.17) is 0 Å². The lowest BCUT2D eigenvalue weighted by atomic mass is 9.93. The van der Waals surface area contributed by atoms with Gasteiger partial charge in [-0.15, -0.1) is 0 Å². The van der Waals surface area contributed by atoms with Gasteiger partial charge in [-0.1, -0.05) is 23.5 Å². The summed E-state index contributed by atoms with van der Waals surface area (Å²) in [5.41, 5.74) is 1.24. The molecule has 0 spiro atoms. The van der Waals surface area contributed by atoms with E-state index in [0.29, 0.717) is 40.5 Å². The Morgan fingerprint density at radius 3 is 2.84 bits per heavy atom. The van der Waals surface area contributed by atoms with Crippen LogP contribution in [0.15, 0.2) is 30.4 Å². The molecule has 1 aromatic heterocycles. The zero-order chi connectivity index (χ0) is 17.6. The second-order valence-electron chi connectivity index (χ2n) is 6.83. The van der Waals surface area contributed by atoms with Crippen molar-refractivity contribution < 1.29 is 13.2 Å². The lowest BCUT2D eigenvalue weighted by molar-refractivity contribution is 0.0945. The molecule has 0 saturated heterocycles. The topological polar surface area (TPSA) is 88.2 Å². The van der Waals surface area contributed by atoms with Gasteiger partial charge in [0.05, 0.1) is 16.5 Å². The number of aromatic nitrogens is 1. The van der Waals surface area contributed by atoms with Gasteiger partial charge in [0, 0.05) is 12.1 Å². The summed E-state index contributed by atoms with van der Waals surface area (Å²) < 4.78 is 25.8. The van der Waals surface area contributed by atoms with Crippen LogP contribution in [0.25, 0.3) is 10.2 Å². The monoisotopic (exact) mass is 377 g/mol. The molecule has 2 N–H and O–H groups in total. The zero-order valence-corrected chi connectivity index (χ0v) is 15.4. The highest BCUT2D eigenvalue weighted by Crippen LogP contribution is 2.43. The van der Waals surface area contributed by atoms with Gasteiger partial charge in [0.25, 0.3) is 5.91 Å². The molecule has 25 heavy (non-hydrogen) atoms. The van der Waals surface area contributed by atoms with Crippen LogP contribution in [-0.2, 0) is 10.0 Å². The van der Waals surface area contributed by atoms with Crippen LogP contribution in [-0.4, -0.2) is 32.1 Å². The van der Waals surface area contributed by atoms with Crippen molar-refractivity contribution >= 4 is 42.6 Å². The summed E-state index contributed by atoms with van der Waals surface area (Å²) in [5.74, 6) is 1.75. The molecule has 1 saturated carbocycles. The first-order valence-corrected chi connectivity index (χ1v) is 10.9. The number of carbonyl (C=O) groups excluding carboxylic acids is 1. The number of benzene rings is 1. The second-order valence-corrected chi connectivity index (χ2v) is 9.61. The fourth-order valence-corrected chi connectivity index (χ4v) is 5.46. The Kier molecular flexibility index (Phi) is 4.04. The number of thiazole rings is 1. The van der Waals surface area contributed by atoms with Crippen LogP contribution in [0.1, 0.15) is 23.2 Å². The summed E-state index contributed by atoms with van der Waals surface area (Å²) in [4.78, 5) is 16.7. The number of amides is 1. The lowest BCUT2D eigenvalue weighted by Gasteiger charge is -2.18. The Morgan fingerprint density at radius 2 is 2.16 bits per heavy atom. The van der Waals surface area contributed by atoms with Gasteiger partial charge in [-0.3, -0.25) is 9.52 Å². The van der Waals surface area contributed by atoms with E-state index in [9.17, 15) is 13.2 Å². The molecule has 1 aromatic carbocycles. The maximum atomic E-state index is 12.4. The predicted molar refractivity (Wildman–Crippen MR) is 99.3 cm³/mol. The SMILES string of the molecule is CS(=O)(=O)Nc1nc2ccc(C(=O)NC[C@@H]3C[C@H]4C=C[C@H]3C4)cc2s1. The first-order chi connectivity index (χ1) is 11.9. The quantitative estimate of drug-likeness (QED) is 0.784. The number of allylic oxidation sites excluding steroid dienone is 2. The summed E-state index contributed by atoms with van der Waals surface area (Å²) in [7, 11) is -3.36. The highest BCUT2D eigenvalue weighted by molar-refractivity contribution is 7.92. The standard InChI is InChI=1S/C17H19N3O3S2/c1-25(22,23)20-17-19-14-5-4-12(8-15(14)24-17)16(21)18-9-13-7-10-2-3-11(13)6-10/h2-5,8,10-11,13H,6-7,9H2,1H3,(H,18,21)(H,19,20)/t10-,11-,13-/m0/s1. The van der Waals surface area contributed by atoms with Gasteiger partial charge in [-0.05, 0) is 48.8 Å². The van der Waals surface area contributed by atoms with E-state index in [1.807, 2.05) is 0 Å². The van der Waals surface area contributed by atoms with Gasteiger partial charge in [0.1, 0.15) is 0 Å². The molecule has 3 atom stereocenters. The number of hydrogen-bond donors (Lipinski definition) is 2. The molecule has 1 fully saturated rings. The van der Waals surface area contributed by atoms with Crippen molar-refractivity contribution in [3.8, 4) is 0 Å². The molecule has 2 aromatic rings. The average molecular weight is 377 g/mol. The molecule has 0 aliphatic heterocycles. The van der Waals surface area contributed by atoms with Gasteiger partial charge in [0.15, 0.2) is 5.13 Å². The van der Waals surface area contributed by atoms with Gasteiger partial charge < -0.3 is 5.32 Å². The van der Waals surface area contributed by atoms with Crippen molar-refractivity contribution in [1.29, 1.82) is 0 Å². The number of carbonyl (C=O) groups is 1. The Morgan fingerprint density at radius 1 is 1.32 bits per heavy atom. The molecule has 132 valence electrons. The average Bonchev–Trinajstić information content (AvgIpc) is 3.24. The third-order valence-corrected chi connectivity index (χ3v) is 6.49. The molecule has 2 aliphatic rings. The fourth-order valence-electron chi connectivity index (χ4n) is 3.72. The number of rotatable bonds is 5. The smallest absolute Gasteiger partial charge is 0.251 e. The Hall–Kier alpha value is -1.93. The number of nitrogens with one attached hydrogen (secondary N) is 2. The summed E-state index contributed by atoms with van der Waals surface area (Å²) in [6.45, 7) is 0.700. The van der Waals surface area contributed by atoms with E-state index in [-0.39, 0.29) is 5.91 Å². The summed E-state index contributed by atoms with van der Waals surface area (Å²) in [6.07, 6.45) is 8.05. The zero-order valence-electron chi connectivity index (χ0n) is 13.7. The molecular weight excluding hydrogens is 358 g/mol. The van der Waals surface area contributed by atoms with E-state index in [1.165, 1.54) is 17.8 Å². The van der Waals surface area contributed by atoms with Crippen molar-refractivity contribution in [2.24, 2.45) is 17.8 Å². The second kappa shape index (κ2) is 6.10. The maximum Gasteiger partial charge on any atom is 0.251 e. The largest absolute Gasteiger partial charge is 0.352 e. The van der Waals surface area contributed by atoms with Crippen LogP contribution in [0.2, 0.25) is 0 Å². The summed E-state index contributed by atoms with van der Waals surface area (Å²) in [6, 6.07) is 5.23. The predicted octanol–water partition coefficient (Wildman–Crippen LogP) is 2.61. The molecule has 0 radical (unpaired) electrons. The van der Waals surface area contributed by atoms with Gasteiger partial charge >= 0.3 is 0 Å². The molecule has 1 heterocycles. The first kappa shape index (κ1) is 16.5. The van der Waals surface area contributed by atoms with Gasteiger partial charge in [0.2, 0.25) is 10.0 Å². The minimum absolute atomic E-state index is 0.0975. The van der Waals surface area contributed by atoms with Crippen molar-refractivity contribution in [3.05, 3.63) is 35.9 Å². The van der Waals surface area contributed by atoms with Crippen molar-refractivity contribution in [2.75, 3.05) is 17.5 Å². The van der Waals surface area contributed by atoms with Crippen LogP contribution in [0.5, 0.6) is 0 Å². The van der Waals surface area contributed by atoms with Crippen LogP contribution in [0.4, 0.5) is 5.13 Å². The van der Waals surface area contributed by atoms with Gasteiger partial charge in [-0.25, -0.2) is 13.4 Å². The first-order valence-electron chi connectivity index (χ1n) is 8.22. The number of sulfonamides is 1. The Labute approximate surface area is 150 Å². The van der Waals surface area contributed by atoms with Gasteiger partial charge in [-0.2, -0.15) is 0 Å². The number of hydrogen-bond acceptors (Lipinski definition) is 5. The summed E-state index contributed by atoms with van der Waals surface area (Å²) in [5, 5.41) is 3.34. The Bertz CT molecular complexity index is 965. The molecule has 0 unspecified atom stereocenters. The molecule has 1 amide bonds. The number of anilines is 1. The van der Waals surface area contributed by atoms with Crippen molar-refractivity contribution in [3.63, 3.8) is 0 Å². The minimum Gasteiger partial charge on any atom is -0.352 e. The van der Waals surface area contributed by atoms with E-state index in [1.54, 1.807) is 18.2 Å². The fraction of sp³-hybridized carbons (Fsp3) is 0.412. The normalized spacial score (nSPS) is 24.8. The number of nitrogens with zero attached hydrogens (tertiary/aromatic N) is 1. The Balaban J connectivity index is 1.45. The molecule has 2 bridgehead atoms. The van der Waals surface area contributed by atoms with Crippen LogP contribution in [0, 0.1) is 17.8 Å². The molecular formula is C17H19N3O3S2.